The van der Waals surface area contributed by atoms with Gasteiger partial charge in [0.15, 0.2) is 11.6 Å². The highest BCUT2D eigenvalue weighted by atomic mass is 16.5. The third-order valence-corrected chi connectivity index (χ3v) is 3.94. The van der Waals surface area contributed by atoms with E-state index in [1.54, 1.807) is 6.26 Å². The highest BCUT2D eigenvalue weighted by Crippen LogP contribution is 2.22. The lowest BCUT2D eigenvalue weighted by Crippen LogP contribution is -2.37. The normalized spacial score (nSPS) is 15.3. The Balaban J connectivity index is 1.45. The quantitative estimate of drug-likeness (QED) is 0.624. The maximum Gasteiger partial charge on any atom is 0.155 e. The minimum absolute atomic E-state index is 0.524. The summed E-state index contributed by atoms with van der Waals surface area (Å²) in [6.07, 6.45) is 4.17. The lowest BCUT2D eigenvalue weighted by molar-refractivity contribution is 0.0378. The second kappa shape index (κ2) is 8.51. The third-order valence-electron chi connectivity index (χ3n) is 3.94. The molecule has 2 aromatic heterocycles. The Labute approximate surface area is 141 Å². The molecule has 4 N–H and O–H groups in total. The number of ether oxygens (including phenoxy) is 1. The molecule has 1 fully saturated rings. The van der Waals surface area contributed by atoms with Gasteiger partial charge in [-0.2, -0.15) is 0 Å². The summed E-state index contributed by atoms with van der Waals surface area (Å²) in [5.74, 6) is 2.10. The second-order valence-corrected chi connectivity index (χ2v) is 5.65. The van der Waals surface area contributed by atoms with E-state index in [4.69, 9.17) is 14.9 Å². The maximum absolute atomic E-state index is 6.14. The van der Waals surface area contributed by atoms with Crippen LogP contribution in [0, 0.1) is 0 Å². The fraction of sp³-hybridized carbons (Fsp3) is 0.500. The maximum atomic E-state index is 6.14. The van der Waals surface area contributed by atoms with Crippen LogP contribution < -0.4 is 16.4 Å². The van der Waals surface area contributed by atoms with Crippen LogP contribution in [-0.2, 0) is 11.3 Å². The van der Waals surface area contributed by atoms with Gasteiger partial charge in [0, 0.05) is 19.6 Å². The van der Waals surface area contributed by atoms with Crippen molar-refractivity contribution in [2.75, 3.05) is 55.8 Å². The second-order valence-electron chi connectivity index (χ2n) is 5.65. The number of nitrogens with one attached hydrogen (secondary N) is 2. The van der Waals surface area contributed by atoms with Crippen LogP contribution in [0.2, 0.25) is 0 Å². The Morgan fingerprint density at radius 2 is 1.96 bits per heavy atom. The highest BCUT2D eigenvalue weighted by Gasteiger charge is 2.10. The molecule has 0 spiro atoms. The number of morpholine rings is 1. The van der Waals surface area contributed by atoms with Crippen LogP contribution in [0.15, 0.2) is 29.1 Å². The number of anilines is 3. The van der Waals surface area contributed by atoms with Gasteiger partial charge in [-0.1, -0.05) is 0 Å². The van der Waals surface area contributed by atoms with Crippen LogP contribution in [0.25, 0.3) is 0 Å². The predicted octanol–water partition coefficient (Wildman–Crippen LogP) is 1.40. The van der Waals surface area contributed by atoms with Gasteiger partial charge in [0.2, 0.25) is 0 Å². The molecule has 1 aliphatic rings. The lowest BCUT2D eigenvalue weighted by Gasteiger charge is -2.26. The van der Waals surface area contributed by atoms with E-state index in [9.17, 15) is 0 Å². The molecule has 0 saturated carbocycles. The van der Waals surface area contributed by atoms with Gasteiger partial charge in [-0.15, -0.1) is 0 Å². The first-order valence-corrected chi connectivity index (χ1v) is 8.23. The van der Waals surface area contributed by atoms with Gasteiger partial charge in [-0.3, -0.25) is 4.90 Å². The molecule has 0 radical (unpaired) electrons. The number of aromatic nitrogens is 2. The van der Waals surface area contributed by atoms with Crippen LogP contribution >= 0.6 is 0 Å². The zero-order valence-electron chi connectivity index (χ0n) is 13.7. The molecule has 3 rings (SSSR count). The van der Waals surface area contributed by atoms with E-state index in [0.29, 0.717) is 23.9 Å². The van der Waals surface area contributed by atoms with E-state index >= 15 is 0 Å². The van der Waals surface area contributed by atoms with Crippen LogP contribution in [-0.4, -0.2) is 54.3 Å². The standard InChI is InChI=1S/C16H24N6O2/c17-14-15(18-4-2-5-22-6-9-23-10-7-22)20-12-21-16(14)19-11-13-3-1-8-24-13/h1,3,8,12H,2,4-7,9-11,17H2,(H2,18,19,20,21). The van der Waals surface area contributed by atoms with Crippen molar-refractivity contribution in [1.29, 1.82) is 0 Å². The van der Waals surface area contributed by atoms with Crippen molar-refractivity contribution in [3.63, 3.8) is 0 Å². The summed E-state index contributed by atoms with van der Waals surface area (Å²) >= 11 is 0. The first kappa shape index (κ1) is 16.5. The summed E-state index contributed by atoms with van der Waals surface area (Å²) in [5, 5.41) is 6.45. The fourth-order valence-electron chi connectivity index (χ4n) is 2.60. The van der Waals surface area contributed by atoms with E-state index < -0.39 is 0 Å². The molecular formula is C16H24N6O2. The van der Waals surface area contributed by atoms with Gasteiger partial charge in [0.25, 0.3) is 0 Å². The van der Waals surface area contributed by atoms with E-state index in [1.165, 1.54) is 6.33 Å². The van der Waals surface area contributed by atoms with Gasteiger partial charge in [0.1, 0.15) is 17.8 Å². The molecule has 24 heavy (non-hydrogen) atoms. The molecule has 130 valence electrons. The Kier molecular flexibility index (Phi) is 5.86. The number of hydrogen-bond acceptors (Lipinski definition) is 8. The van der Waals surface area contributed by atoms with Crippen LogP contribution in [0.5, 0.6) is 0 Å². The zero-order chi connectivity index (χ0) is 16.6. The lowest BCUT2D eigenvalue weighted by atomic mass is 10.3. The van der Waals surface area contributed by atoms with Crippen molar-refractivity contribution in [3.05, 3.63) is 30.5 Å². The molecular weight excluding hydrogens is 308 g/mol. The summed E-state index contributed by atoms with van der Waals surface area (Å²) in [6.45, 7) is 6.08. The average Bonchev–Trinajstić information content (AvgIpc) is 3.13. The Morgan fingerprint density at radius 3 is 2.71 bits per heavy atom. The fourth-order valence-corrected chi connectivity index (χ4v) is 2.60. The number of hydrogen-bond donors (Lipinski definition) is 3. The summed E-state index contributed by atoms with van der Waals surface area (Å²) < 4.78 is 10.6. The van der Waals surface area contributed by atoms with E-state index in [1.807, 2.05) is 12.1 Å². The minimum atomic E-state index is 0.524. The molecule has 2 aromatic rings. The zero-order valence-corrected chi connectivity index (χ0v) is 13.7. The minimum Gasteiger partial charge on any atom is -0.467 e. The molecule has 1 aliphatic heterocycles. The molecule has 0 atom stereocenters. The van der Waals surface area contributed by atoms with E-state index in [-0.39, 0.29) is 0 Å². The summed E-state index contributed by atoms with van der Waals surface area (Å²) in [4.78, 5) is 10.8. The molecule has 0 amide bonds. The van der Waals surface area contributed by atoms with Crippen molar-refractivity contribution in [2.24, 2.45) is 0 Å². The van der Waals surface area contributed by atoms with Crippen molar-refractivity contribution < 1.29 is 9.15 Å². The third kappa shape index (κ3) is 4.59. The Bertz CT molecular complexity index is 613. The highest BCUT2D eigenvalue weighted by molar-refractivity contribution is 5.73. The number of nitrogens with zero attached hydrogens (tertiary/aromatic N) is 3. The number of furan rings is 1. The van der Waals surface area contributed by atoms with Crippen molar-refractivity contribution in [1.82, 2.24) is 14.9 Å². The van der Waals surface area contributed by atoms with Gasteiger partial charge in [-0.25, -0.2) is 9.97 Å². The summed E-state index contributed by atoms with van der Waals surface area (Å²) in [7, 11) is 0. The van der Waals surface area contributed by atoms with E-state index in [0.717, 1.165) is 51.6 Å². The molecule has 0 aromatic carbocycles. The van der Waals surface area contributed by atoms with Gasteiger partial charge < -0.3 is 25.5 Å². The van der Waals surface area contributed by atoms with Gasteiger partial charge in [-0.05, 0) is 25.1 Å². The predicted molar refractivity (Wildman–Crippen MR) is 92.8 cm³/mol. The first-order chi connectivity index (χ1) is 11.8. The van der Waals surface area contributed by atoms with Crippen molar-refractivity contribution in [3.8, 4) is 0 Å². The molecule has 0 bridgehead atoms. The Hall–Kier alpha value is -2.32. The van der Waals surface area contributed by atoms with Gasteiger partial charge >= 0.3 is 0 Å². The Morgan fingerprint density at radius 1 is 1.17 bits per heavy atom. The largest absolute Gasteiger partial charge is 0.467 e. The van der Waals surface area contributed by atoms with E-state index in [2.05, 4.69) is 25.5 Å². The SMILES string of the molecule is Nc1c(NCCCN2CCOCC2)ncnc1NCc1ccco1. The van der Waals surface area contributed by atoms with Crippen LogP contribution in [0.4, 0.5) is 17.3 Å². The van der Waals surface area contributed by atoms with Crippen LogP contribution in [0.3, 0.4) is 0 Å². The first-order valence-electron chi connectivity index (χ1n) is 8.23. The number of nitrogen functional groups attached to an aromatic ring is 1. The van der Waals surface area contributed by atoms with Crippen LogP contribution in [0.1, 0.15) is 12.2 Å². The van der Waals surface area contributed by atoms with Crippen molar-refractivity contribution >= 4 is 17.3 Å². The van der Waals surface area contributed by atoms with Gasteiger partial charge in [0.05, 0.1) is 26.0 Å². The molecule has 1 saturated heterocycles. The topological polar surface area (TPSA) is 101 Å². The number of nitrogens with two attached hydrogens (primary N) is 1. The number of rotatable bonds is 8. The average molecular weight is 332 g/mol. The molecule has 8 nitrogen and oxygen atoms in total. The summed E-state index contributed by atoms with van der Waals surface area (Å²) in [6, 6.07) is 3.75. The van der Waals surface area contributed by atoms with Crippen molar-refractivity contribution in [2.45, 2.75) is 13.0 Å². The molecule has 0 unspecified atom stereocenters. The smallest absolute Gasteiger partial charge is 0.155 e. The summed E-state index contributed by atoms with van der Waals surface area (Å²) in [5.41, 5.74) is 6.66. The molecule has 3 heterocycles. The monoisotopic (exact) mass is 332 g/mol. The molecule has 8 heteroatoms. The molecule has 0 aliphatic carbocycles.